The quantitative estimate of drug-likeness (QED) is 0.257. The Morgan fingerprint density at radius 3 is 1.69 bits per heavy atom. The number of sulfonamides is 1. The molecule has 10 heteroatoms. The third-order valence-electron chi connectivity index (χ3n) is 4.78. The first-order valence-corrected chi connectivity index (χ1v) is 15.0. The van der Waals surface area contributed by atoms with E-state index in [-0.39, 0.29) is 18.2 Å². The van der Waals surface area contributed by atoms with E-state index in [9.17, 15) is 13.2 Å². The lowest BCUT2D eigenvalue weighted by atomic mass is 10.3. The van der Waals surface area contributed by atoms with Crippen molar-refractivity contribution >= 4 is 61.3 Å². The van der Waals surface area contributed by atoms with Crippen molar-refractivity contribution in [2.45, 2.75) is 19.6 Å². The molecular weight excluding hydrogens is 501 g/mol. The number of hydrogen-bond donors (Lipinski definition) is 0. The van der Waals surface area contributed by atoms with Gasteiger partial charge in [0.15, 0.2) is 0 Å². The molecule has 0 N–H and O–H groups in total. The van der Waals surface area contributed by atoms with E-state index in [0.717, 1.165) is 14.6 Å². The molecule has 4 heterocycles. The van der Waals surface area contributed by atoms with Crippen LogP contribution in [0.1, 0.15) is 24.3 Å². The van der Waals surface area contributed by atoms with Gasteiger partial charge in [0.05, 0.1) is 17.2 Å². The second kappa shape index (κ2) is 10.9. The fraction of sp³-hybridized carbons (Fsp3) is 0.227. The summed E-state index contributed by atoms with van der Waals surface area (Å²) in [6.45, 7) is 1.21. The molecule has 4 rings (SSSR count). The lowest BCUT2D eigenvalue weighted by Crippen LogP contribution is -2.39. The maximum Gasteiger partial charge on any atom is 0.264 e. The van der Waals surface area contributed by atoms with Gasteiger partial charge in [0.1, 0.15) is 0 Å². The van der Waals surface area contributed by atoms with Crippen molar-refractivity contribution in [3.63, 3.8) is 0 Å². The highest BCUT2D eigenvalue weighted by Gasteiger charge is 2.26. The average Bonchev–Trinajstić information content (AvgIpc) is 3.57. The third kappa shape index (κ3) is 6.15. The Morgan fingerprint density at radius 1 is 0.719 bits per heavy atom. The summed E-state index contributed by atoms with van der Waals surface area (Å²) in [6, 6.07) is 15.3. The summed E-state index contributed by atoms with van der Waals surface area (Å²) < 4.78 is 28.3. The topological polar surface area (TPSA) is 57.7 Å². The van der Waals surface area contributed by atoms with E-state index in [1.807, 2.05) is 64.0 Å². The molecule has 0 aliphatic rings. The Hall–Kier alpha value is -1.82. The van der Waals surface area contributed by atoms with Crippen LogP contribution in [0.5, 0.6) is 0 Å². The maximum atomic E-state index is 13.4. The molecule has 0 aromatic carbocycles. The first kappa shape index (κ1) is 23.3. The van der Waals surface area contributed by atoms with Crippen LogP contribution in [0.15, 0.2) is 70.1 Å². The molecule has 0 atom stereocenters. The van der Waals surface area contributed by atoms with Crippen LogP contribution >= 0.6 is 45.3 Å². The normalized spacial score (nSPS) is 11.8. The fourth-order valence-corrected chi connectivity index (χ4v) is 7.55. The van der Waals surface area contributed by atoms with Crippen LogP contribution in [0.25, 0.3) is 0 Å². The first-order chi connectivity index (χ1) is 15.5. The van der Waals surface area contributed by atoms with Crippen molar-refractivity contribution in [1.82, 2.24) is 9.21 Å². The summed E-state index contributed by atoms with van der Waals surface area (Å²) in [7, 11) is -3.59. The predicted octanol–water partition coefficient (Wildman–Crippen LogP) is 5.61. The van der Waals surface area contributed by atoms with Gasteiger partial charge in [-0.25, -0.2) is 8.42 Å². The Labute approximate surface area is 204 Å². The molecule has 32 heavy (non-hydrogen) atoms. The molecule has 0 bridgehead atoms. The molecule has 0 aliphatic heterocycles. The monoisotopic (exact) mass is 522 g/mol. The molecule has 168 valence electrons. The molecule has 0 saturated heterocycles. The Kier molecular flexibility index (Phi) is 7.93. The Bertz CT molecular complexity index is 1150. The number of carbonyl (C=O) groups is 1. The van der Waals surface area contributed by atoms with Gasteiger partial charge in [-0.15, -0.1) is 45.3 Å². The number of carbonyl (C=O) groups excluding carboxylic acids is 1. The summed E-state index contributed by atoms with van der Waals surface area (Å²) in [4.78, 5) is 18.3. The zero-order chi connectivity index (χ0) is 22.4. The van der Waals surface area contributed by atoms with Gasteiger partial charge in [0.25, 0.3) is 5.91 Å². The molecule has 5 nitrogen and oxygen atoms in total. The van der Waals surface area contributed by atoms with E-state index < -0.39 is 10.0 Å². The fourth-order valence-electron chi connectivity index (χ4n) is 3.16. The summed E-state index contributed by atoms with van der Waals surface area (Å²) >= 11 is 6.03. The van der Waals surface area contributed by atoms with Gasteiger partial charge in [-0.05, 0) is 45.8 Å². The smallest absolute Gasteiger partial charge is 0.264 e. The van der Waals surface area contributed by atoms with Crippen LogP contribution in [0.2, 0.25) is 0 Å². The molecule has 0 spiro atoms. The van der Waals surface area contributed by atoms with Crippen LogP contribution in [-0.2, 0) is 29.7 Å². The van der Waals surface area contributed by atoms with Crippen molar-refractivity contribution < 1.29 is 13.2 Å². The van der Waals surface area contributed by atoms with Gasteiger partial charge in [0.2, 0.25) is 10.0 Å². The molecule has 4 aromatic rings. The first-order valence-electron chi connectivity index (χ1n) is 9.89. The zero-order valence-corrected chi connectivity index (χ0v) is 21.2. The van der Waals surface area contributed by atoms with Crippen LogP contribution in [0.3, 0.4) is 0 Å². The van der Waals surface area contributed by atoms with E-state index in [2.05, 4.69) is 0 Å². The van der Waals surface area contributed by atoms with Crippen molar-refractivity contribution in [1.29, 1.82) is 0 Å². The highest BCUT2D eigenvalue weighted by atomic mass is 32.2. The second-order valence-corrected chi connectivity index (χ2v) is 13.2. The van der Waals surface area contributed by atoms with E-state index in [1.165, 1.54) is 15.6 Å². The van der Waals surface area contributed by atoms with E-state index in [1.54, 1.807) is 45.0 Å². The van der Waals surface area contributed by atoms with Crippen LogP contribution in [0.4, 0.5) is 0 Å². The third-order valence-corrected chi connectivity index (χ3v) is 9.97. The molecular formula is C22H22N2O3S5. The molecule has 0 aliphatic carbocycles. The van der Waals surface area contributed by atoms with Crippen LogP contribution in [0, 0.1) is 0 Å². The van der Waals surface area contributed by atoms with Crippen molar-refractivity contribution in [2.75, 3.05) is 12.3 Å². The number of rotatable bonds is 11. The average molecular weight is 523 g/mol. The van der Waals surface area contributed by atoms with E-state index in [4.69, 9.17) is 0 Å². The molecule has 4 aromatic heterocycles. The summed E-state index contributed by atoms with van der Waals surface area (Å²) in [5.41, 5.74) is 0. The number of thiophene rings is 4. The van der Waals surface area contributed by atoms with Gasteiger partial charge in [-0.3, -0.25) is 4.79 Å². The molecule has 0 saturated carbocycles. The molecule has 0 radical (unpaired) electrons. The highest BCUT2D eigenvalue weighted by molar-refractivity contribution is 7.89. The van der Waals surface area contributed by atoms with Crippen molar-refractivity contribution in [3.8, 4) is 0 Å². The summed E-state index contributed by atoms with van der Waals surface area (Å²) in [6.07, 6.45) is 0. The van der Waals surface area contributed by atoms with Gasteiger partial charge in [0, 0.05) is 34.3 Å². The molecule has 0 fully saturated rings. The number of nitrogens with zero attached hydrogens (tertiary/aromatic N) is 2. The zero-order valence-electron chi connectivity index (χ0n) is 17.1. The Balaban J connectivity index is 1.51. The standard InChI is InChI=1S/C22H22N2O3S5/c25-22(21-8-4-13-31-21)23(15-18-5-1-10-28-18)9-14-32(26,27)24(16-19-6-2-11-29-19)17-20-7-3-12-30-20/h1-8,10-13H,9,14-17H2. The number of amides is 1. The summed E-state index contributed by atoms with van der Waals surface area (Å²) in [5, 5.41) is 7.72. The van der Waals surface area contributed by atoms with Crippen molar-refractivity contribution in [2.24, 2.45) is 0 Å². The SMILES string of the molecule is O=C(c1cccs1)N(CCS(=O)(=O)N(Cc1cccs1)Cc1cccs1)Cc1cccs1. The number of hydrogen-bond acceptors (Lipinski definition) is 7. The lowest BCUT2D eigenvalue weighted by Gasteiger charge is -2.25. The second-order valence-electron chi connectivity index (χ2n) is 7.03. The molecule has 0 unspecified atom stereocenters. The van der Waals surface area contributed by atoms with Gasteiger partial charge in [-0.2, -0.15) is 4.31 Å². The molecule has 1 amide bonds. The lowest BCUT2D eigenvalue weighted by molar-refractivity contribution is 0.0760. The van der Waals surface area contributed by atoms with E-state index >= 15 is 0 Å². The minimum atomic E-state index is -3.59. The van der Waals surface area contributed by atoms with Crippen LogP contribution < -0.4 is 0 Å². The Morgan fingerprint density at radius 2 is 1.22 bits per heavy atom. The highest BCUT2D eigenvalue weighted by Crippen LogP contribution is 2.22. The van der Waals surface area contributed by atoms with E-state index in [0.29, 0.717) is 24.5 Å². The minimum absolute atomic E-state index is 0.119. The van der Waals surface area contributed by atoms with Gasteiger partial charge in [-0.1, -0.05) is 24.3 Å². The van der Waals surface area contributed by atoms with Crippen molar-refractivity contribution in [3.05, 3.63) is 89.6 Å². The minimum Gasteiger partial charge on any atom is -0.332 e. The van der Waals surface area contributed by atoms with Gasteiger partial charge >= 0.3 is 0 Å². The largest absolute Gasteiger partial charge is 0.332 e. The van der Waals surface area contributed by atoms with Gasteiger partial charge < -0.3 is 4.90 Å². The predicted molar refractivity (Wildman–Crippen MR) is 135 cm³/mol. The maximum absolute atomic E-state index is 13.4. The summed E-state index contributed by atoms with van der Waals surface area (Å²) in [5.74, 6) is -0.252. The van der Waals surface area contributed by atoms with Crippen LogP contribution in [-0.4, -0.2) is 35.8 Å².